The second-order valence-corrected chi connectivity index (χ2v) is 6.12. The maximum atomic E-state index is 12.5. The van der Waals surface area contributed by atoms with Crippen molar-refractivity contribution in [2.45, 2.75) is 32.2 Å². The van der Waals surface area contributed by atoms with E-state index < -0.39 is 10.0 Å². The van der Waals surface area contributed by atoms with Crippen molar-refractivity contribution >= 4 is 15.7 Å². The van der Waals surface area contributed by atoms with Gasteiger partial charge in [0.25, 0.3) is 10.0 Å². The summed E-state index contributed by atoms with van der Waals surface area (Å²) in [6.45, 7) is 6.51. The molecule has 0 fully saturated rings. The molecule has 0 spiro atoms. The zero-order chi connectivity index (χ0) is 15.5. The van der Waals surface area contributed by atoms with E-state index in [0.29, 0.717) is 30.3 Å². The number of anilines is 1. The Hall–Kier alpha value is -2.02. The molecule has 1 aromatic carbocycles. The third kappa shape index (κ3) is 3.36. The first-order valence-corrected chi connectivity index (χ1v) is 8.25. The third-order valence-corrected chi connectivity index (χ3v) is 4.41. The van der Waals surface area contributed by atoms with Crippen molar-refractivity contribution in [3.05, 3.63) is 36.2 Å². The molecule has 2 aromatic rings. The Kier molecular flexibility index (Phi) is 4.52. The molecule has 0 atom stereocenters. The SMILES string of the molecule is CCOc1ccccc1NS(=O)(=O)c1cn(CC)nc1C. The molecule has 6 nitrogen and oxygen atoms in total. The number of sulfonamides is 1. The van der Waals surface area contributed by atoms with Gasteiger partial charge in [-0.3, -0.25) is 9.40 Å². The minimum Gasteiger partial charge on any atom is -0.492 e. The number of aryl methyl sites for hydroxylation is 2. The number of rotatable bonds is 6. The van der Waals surface area contributed by atoms with Gasteiger partial charge in [-0.15, -0.1) is 0 Å². The van der Waals surface area contributed by atoms with Gasteiger partial charge in [-0.25, -0.2) is 8.42 Å². The van der Waals surface area contributed by atoms with Crippen LogP contribution in [0.4, 0.5) is 5.69 Å². The van der Waals surface area contributed by atoms with Gasteiger partial charge in [0.1, 0.15) is 10.6 Å². The van der Waals surface area contributed by atoms with Crippen LogP contribution >= 0.6 is 0 Å². The van der Waals surface area contributed by atoms with Crippen molar-refractivity contribution in [1.29, 1.82) is 0 Å². The van der Waals surface area contributed by atoms with Crippen LogP contribution in [0.3, 0.4) is 0 Å². The van der Waals surface area contributed by atoms with E-state index in [9.17, 15) is 8.42 Å². The maximum Gasteiger partial charge on any atom is 0.265 e. The van der Waals surface area contributed by atoms with Crippen molar-refractivity contribution in [1.82, 2.24) is 9.78 Å². The molecule has 7 heteroatoms. The molecule has 0 bridgehead atoms. The summed E-state index contributed by atoms with van der Waals surface area (Å²) < 4.78 is 34.6. The fraction of sp³-hybridized carbons (Fsp3) is 0.357. The second kappa shape index (κ2) is 6.17. The van der Waals surface area contributed by atoms with Crippen molar-refractivity contribution in [2.75, 3.05) is 11.3 Å². The Morgan fingerprint density at radius 3 is 2.62 bits per heavy atom. The van der Waals surface area contributed by atoms with Gasteiger partial charge in [0.15, 0.2) is 0 Å². The lowest BCUT2D eigenvalue weighted by atomic mass is 10.3. The minimum absolute atomic E-state index is 0.177. The van der Waals surface area contributed by atoms with Crippen LogP contribution in [0.25, 0.3) is 0 Å². The average molecular weight is 309 g/mol. The van der Waals surface area contributed by atoms with Gasteiger partial charge in [-0.1, -0.05) is 12.1 Å². The highest BCUT2D eigenvalue weighted by Crippen LogP contribution is 2.27. The number of hydrogen-bond donors (Lipinski definition) is 1. The molecule has 0 amide bonds. The number of para-hydroxylation sites is 2. The van der Waals surface area contributed by atoms with Crippen LogP contribution in [0.2, 0.25) is 0 Å². The molecule has 0 aliphatic rings. The van der Waals surface area contributed by atoms with Crippen LogP contribution < -0.4 is 9.46 Å². The van der Waals surface area contributed by atoms with Crippen LogP contribution in [-0.4, -0.2) is 24.8 Å². The summed E-state index contributed by atoms with van der Waals surface area (Å²) in [6.07, 6.45) is 1.53. The van der Waals surface area contributed by atoms with Crippen LogP contribution in [-0.2, 0) is 16.6 Å². The molecule has 1 heterocycles. The first kappa shape index (κ1) is 15.4. The van der Waals surface area contributed by atoms with Gasteiger partial charge in [0, 0.05) is 12.7 Å². The summed E-state index contributed by atoms with van der Waals surface area (Å²) in [5, 5.41) is 4.16. The van der Waals surface area contributed by atoms with Crippen molar-refractivity contribution in [2.24, 2.45) is 0 Å². The van der Waals surface area contributed by atoms with Gasteiger partial charge in [0.2, 0.25) is 0 Å². The van der Waals surface area contributed by atoms with Crippen molar-refractivity contribution in [3.8, 4) is 5.75 Å². The maximum absolute atomic E-state index is 12.5. The van der Waals surface area contributed by atoms with E-state index >= 15 is 0 Å². The van der Waals surface area contributed by atoms with E-state index in [2.05, 4.69) is 9.82 Å². The Morgan fingerprint density at radius 1 is 1.29 bits per heavy atom. The smallest absolute Gasteiger partial charge is 0.265 e. The summed E-state index contributed by atoms with van der Waals surface area (Å²) >= 11 is 0. The zero-order valence-electron chi connectivity index (χ0n) is 12.3. The van der Waals surface area contributed by atoms with Gasteiger partial charge in [-0.05, 0) is 32.9 Å². The highest BCUT2D eigenvalue weighted by Gasteiger charge is 2.21. The van der Waals surface area contributed by atoms with Crippen LogP contribution in [0.15, 0.2) is 35.4 Å². The Morgan fingerprint density at radius 2 is 2.00 bits per heavy atom. The fourth-order valence-electron chi connectivity index (χ4n) is 1.96. The summed E-state index contributed by atoms with van der Waals surface area (Å²) in [7, 11) is -3.69. The van der Waals surface area contributed by atoms with Gasteiger partial charge >= 0.3 is 0 Å². The lowest BCUT2D eigenvalue weighted by Crippen LogP contribution is -2.14. The molecule has 0 saturated carbocycles. The Labute approximate surface area is 124 Å². The molecule has 2 rings (SSSR count). The molecule has 0 radical (unpaired) electrons. The van der Waals surface area contributed by atoms with E-state index in [1.807, 2.05) is 13.8 Å². The molecule has 0 unspecified atom stereocenters. The third-order valence-electron chi connectivity index (χ3n) is 2.95. The normalized spacial score (nSPS) is 11.4. The summed E-state index contributed by atoms with van der Waals surface area (Å²) in [6, 6.07) is 6.94. The summed E-state index contributed by atoms with van der Waals surface area (Å²) in [4.78, 5) is 0.177. The molecule has 0 aliphatic heterocycles. The number of aromatic nitrogens is 2. The van der Waals surface area contributed by atoms with E-state index in [1.165, 1.54) is 6.20 Å². The highest BCUT2D eigenvalue weighted by atomic mass is 32.2. The lowest BCUT2D eigenvalue weighted by molar-refractivity contribution is 0.342. The molecule has 1 N–H and O–H groups in total. The van der Waals surface area contributed by atoms with E-state index in [0.717, 1.165) is 0 Å². The fourth-order valence-corrected chi connectivity index (χ4v) is 3.22. The first-order chi connectivity index (χ1) is 9.97. The van der Waals surface area contributed by atoms with Crippen LogP contribution in [0.1, 0.15) is 19.5 Å². The molecule has 114 valence electrons. The van der Waals surface area contributed by atoms with Crippen LogP contribution in [0, 0.1) is 6.92 Å². The van der Waals surface area contributed by atoms with Gasteiger partial charge in [0.05, 0.1) is 18.0 Å². The van der Waals surface area contributed by atoms with Crippen LogP contribution in [0.5, 0.6) is 5.75 Å². The minimum atomic E-state index is -3.69. The number of nitrogens with one attached hydrogen (secondary N) is 1. The summed E-state index contributed by atoms with van der Waals surface area (Å²) in [5.41, 5.74) is 0.890. The molecule has 0 saturated heterocycles. The predicted octanol–water partition coefficient (Wildman–Crippen LogP) is 2.41. The molecule has 1 aromatic heterocycles. The number of ether oxygens (including phenoxy) is 1. The second-order valence-electron chi connectivity index (χ2n) is 4.47. The van der Waals surface area contributed by atoms with Gasteiger partial charge < -0.3 is 4.74 Å². The largest absolute Gasteiger partial charge is 0.492 e. The van der Waals surface area contributed by atoms with E-state index in [-0.39, 0.29) is 4.90 Å². The summed E-state index contributed by atoms with van der Waals surface area (Å²) in [5.74, 6) is 0.504. The topological polar surface area (TPSA) is 73.2 Å². The predicted molar refractivity (Wildman–Crippen MR) is 81.1 cm³/mol. The number of benzene rings is 1. The van der Waals surface area contributed by atoms with E-state index in [4.69, 9.17) is 4.74 Å². The Bertz CT molecular complexity index is 723. The standard InChI is InChI=1S/C14H19N3O3S/c1-4-17-10-14(11(3)15-17)21(18,19)16-12-8-6-7-9-13(12)20-5-2/h6-10,16H,4-5H2,1-3H3. The van der Waals surface area contributed by atoms with Crippen molar-refractivity contribution < 1.29 is 13.2 Å². The average Bonchev–Trinajstić information content (AvgIpc) is 2.83. The highest BCUT2D eigenvalue weighted by molar-refractivity contribution is 7.92. The molecular weight excluding hydrogens is 290 g/mol. The molecule has 0 aliphatic carbocycles. The number of nitrogens with zero attached hydrogens (tertiary/aromatic N) is 2. The van der Waals surface area contributed by atoms with E-state index in [1.54, 1.807) is 35.9 Å². The quantitative estimate of drug-likeness (QED) is 0.889. The Balaban J connectivity index is 2.35. The molecular formula is C14H19N3O3S. The monoisotopic (exact) mass is 309 g/mol. The lowest BCUT2D eigenvalue weighted by Gasteiger charge is -2.12. The number of hydrogen-bond acceptors (Lipinski definition) is 4. The van der Waals surface area contributed by atoms with Gasteiger partial charge in [-0.2, -0.15) is 5.10 Å². The first-order valence-electron chi connectivity index (χ1n) is 6.76. The zero-order valence-corrected chi connectivity index (χ0v) is 13.1. The van der Waals surface area contributed by atoms with Crippen molar-refractivity contribution in [3.63, 3.8) is 0 Å². The molecule has 21 heavy (non-hydrogen) atoms.